The molecule has 0 aliphatic carbocycles. The average molecular weight is 178 g/mol. The van der Waals surface area contributed by atoms with Gasteiger partial charge in [0.1, 0.15) is 6.29 Å². The summed E-state index contributed by atoms with van der Waals surface area (Å²) in [6.07, 6.45) is 9.82. The first-order chi connectivity index (χ1) is 5.98. The van der Waals surface area contributed by atoms with E-state index in [1.165, 1.54) is 11.6 Å². The highest BCUT2D eigenvalue weighted by atomic mass is 16.1. The van der Waals surface area contributed by atoms with Crippen molar-refractivity contribution in [1.82, 2.24) is 0 Å². The fraction of sp³-hybridized carbons (Fsp3) is 0.417. The molecule has 0 N–H and O–H groups in total. The number of carbonyl (C=O) groups is 1. The molecule has 0 radical (unpaired) electrons. The lowest BCUT2D eigenvalue weighted by molar-refractivity contribution is -0.104. The highest BCUT2D eigenvalue weighted by Gasteiger charge is 2.10. The van der Waals surface area contributed by atoms with Crippen LogP contribution >= 0.6 is 0 Å². The Bertz CT molecular complexity index is 236. The van der Waals surface area contributed by atoms with Crippen LogP contribution in [0.15, 0.2) is 36.0 Å². The van der Waals surface area contributed by atoms with E-state index in [1.54, 1.807) is 6.08 Å². The van der Waals surface area contributed by atoms with Gasteiger partial charge in [-0.3, -0.25) is 4.79 Å². The Morgan fingerprint density at radius 2 is 1.54 bits per heavy atom. The van der Waals surface area contributed by atoms with Gasteiger partial charge in [0.05, 0.1) is 0 Å². The first-order valence-electron chi connectivity index (χ1n) is 4.44. The minimum absolute atomic E-state index is 0.221. The molecule has 0 unspecified atom stereocenters. The maximum atomic E-state index is 9.93. The minimum atomic E-state index is 0.221. The quantitative estimate of drug-likeness (QED) is 0.368. The monoisotopic (exact) mass is 178 g/mol. The average Bonchev–Trinajstić information content (AvgIpc) is 2.02. The van der Waals surface area contributed by atoms with Gasteiger partial charge in [0.15, 0.2) is 0 Å². The zero-order valence-corrected chi connectivity index (χ0v) is 8.87. The highest BCUT2D eigenvalue weighted by molar-refractivity contribution is 5.65. The van der Waals surface area contributed by atoms with Gasteiger partial charge < -0.3 is 0 Å². The van der Waals surface area contributed by atoms with Crippen molar-refractivity contribution in [2.24, 2.45) is 5.41 Å². The summed E-state index contributed by atoms with van der Waals surface area (Å²) in [5, 5.41) is 0. The highest BCUT2D eigenvalue weighted by Crippen LogP contribution is 2.23. The predicted octanol–water partition coefficient (Wildman–Crippen LogP) is 3.29. The summed E-state index contributed by atoms with van der Waals surface area (Å²) in [5.41, 5.74) is 1.54. The minimum Gasteiger partial charge on any atom is -0.299 e. The maximum absolute atomic E-state index is 9.93. The van der Waals surface area contributed by atoms with Crippen LogP contribution in [0.3, 0.4) is 0 Å². The molecule has 1 nitrogen and oxygen atoms in total. The van der Waals surface area contributed by atoms with Crippen molar-refractivity contribution < 1.29 is 4.79 Å². The SMILES string of the molecule is C\C(=C/C=C/C=C/C=O)C(C)(C)C. The zero-order chi connectivity index (χ0) is 10.3. The second-order valence-corrected chi connectivity index (χ2v) is 4.01. The van der Waals surface area contributed by atoms with Crippen molar-refractivity contribution in [2.75, 3.05) is 0 Å². The summed E-state index contributed by atoms with van der Waals surface area (Å²) in [6, 6.07) is 0. The molecule has 0 fully saturated rings. The third-order valence-corrected chi connectivity index (χ3v) is 1.94. The molecule has 0 aromatic carbocycles. The molecule has 0 heterocycles. The molecule has 0 aliphatic heterocycles. The molecule has 0 rings (SSSR count). The normalized spacial score (nSPS) is 14.3. The van der Waals surface area contributed by atoms with Gasteiger partial charge in [0.2, 0.25) is 0 Å². The van der Waals surface area contributed by atoms with E-state index in [9.17, 15) is 4.79 Å². The van der Waals surface area contributed by atoms with Gasteiger partial charge in [-0.1, -0.05) is 50.6 Å². The molecule has 0 atom stereocenters. The molecule has 0 aromatic rings. The van der Waals surface area contributed by atoms with Crippen LogP contribution in [0.2, 0.25) is 0 Å². The second kappa shape index (κ2) is 5.52. The Morgan fingerprint density at radius 3 is 2.00 bits per heavy atom. The summed E-state index contributed by atoms with van der Waals surface area (Å²) >= 11 is 0. The lowest BCUT2D eigenvalue weighted by Gasteiger charge is -2.18. The number of carbonyl (C=O) groups excluding carboxylic acids is 1. The summed E-state index contributed by atoms with van der Waals surface area (Å²) < 4.78 is 0. The van der Waals surface area contributed by atoms with Crippen LogP contribution in [-0.4, -0.2) is 6.29 Å². The van der Waals surface area contributed by atoms with Gasteiger partial charge in [-0.25, -0.2) is 0 Å². The van der Waals surface area contributed by atoms with Gasteiger partial charge in [0, 0.05) is 0 Å². The third kappa shape index (κ3) is 6.09. The number of aldehydes is 1. The number of rotatable bonds is 3. The van der Waals surface area contributed by atoms with E-state index in [0.717, 1.165) is 6.29 Å². The van der Waals surface area contributed by atoms with Crippen LogP contribution in [0.25, 0.3) is 0 Å². The van der Waals surface area contributed by atoms with Crippen molar-refractivity contribution in [3.05, 3.63) is 36.0 Å². The molecule has 0 bridgehead atoms. The zero-order valence-electron chi connectivity index (χ0n) is 8.87. The van der Waals surface area contributed by atoms with Crippen molar-refractivity contribution in [1.29, 1.82) is 0 Å². The Balaban J connectivity index is 4.19. The van der Waals surface area contributed by atoms with Crippen LogP contribution in [0.5, 0.6) is 0 Å². The van der Waals surface area contributed by atoms with Crippen LogP contribution < -0.4 is 0 Å². The van der Waals surface area contributed by atoms with E-state index in [0.29, 0.717) is 0 Å². The summed E-state index contributed by atoms with van der Waals surface area (Å²) in [7, 11) is 0. The van der Waals surface area contributed by atoms with E-state index in [-0.39, 0.29) is 5.41 Å². The first kappa shape index (κ1) is 11.9. The molecule has 72 valence electrons. The largest absolute Gasteiger partial charge is 0.299 e. The standard InChI is InChI=1S/C12H18O/c1-11(12(2,3)4)9-7-5-6-8-10-13/h5-10H,1-4H3/b7-5+,8-6+,11-9+. The predicted molar refractivity (Wildman–Crippen MR) is 57.6 cm³/mol. The van der Waals surface area contributed by atoms with Gasteiger partial charge in [-0.05, 0) is 18.4 Å². The van der Waals surface area contributed by atoms with Crippen molar-refractivity contribution in [3.8, 4) is 0 Å². The van der Waals surface area contributed by atoms with Crippen LogP contribution in [0, 0.1) is 5.41 Å². The smallest absolute Gasteiger partial charge is 0.142 e. The van der Waals surface area contributed by atoms with E-state index < -0.39 is 0 Å². The molecule has 0 amide bonds. The number of hydrogen-bond acceptors (Lipinski definition) is 1. The topological polar surface area (TPSA) is 17.1 Å². The Kier molecular flexibility index (Phi) is 5.05. The van der Waals surface area contributed by atoms with E-state index in [1.807, 2.05) is 12.2 Å². The molecular weight excluding hydrogens is 160 g/mol. The fourth-order valence-electron chi connectivity index (χ4n) is 0.624. The molecule has 13 heavy (non-hydrogen) atoms. The van der Waals surface area contributed by atoms with E-state index >= 15 is 0 Å². The molecule has 0 aliphatic rings. The van der Waals surface area contributed by atoms with Crippen molar-refractivity contribution >= 4 is 6.29 Å². The maximum Gasteiger partial charge on any atom is 0.142 e. The molecule has 0 saturated carbocycles. The summed E-state index contributed by atoms with van der Waals surface area (Å²) in [6.45, 7) is 8.63. The molecule has 0 aromatic heterocycles. The molecular formula is C12H18O. The first-order valence-corrected chi connectivity index (χ1v) is 4.44. The second-order valence-electron chi connectivity index (χ2n) is 4.01. The van der Waals surface area contributed by atoms with Gasteiger partial charge in [-0.2, -0.15) is 0 Å². The molecule has 1 heteroatoms. The number of allylic oxidation sites excluding steroid dienone is 6. The Morgan fingerprint density at radius 1 is 1.00 bits per heavy atom. The van der Waals surface area contributed by atoms with E-state index in [2.05, 4.69) is 33.8 Å². The third-order valence-electron chi connectivity index (χ3n) is 1.94. The van der Waals surface area contributed by atoms with E-state index in [4.69, 9.17) is 0 Å². The van der Waals surface area contributed by atoms with Crippen LogP contribution in [0.4, 0.5) is 0 Å². The Hall–Kier alpha value is -1.11. The van der Waals surface area contributed by atoms with Gasteiger partial charge in [0.25, 0.3) is 0 Å². The van der Waals surface area contributed by atoms with Crippen molar-refractivity contribution in [2.45, 2.75) is 27.7 Å². The van der Waals surface area contributed by atoms with Crippen LogP contribution in [0.1, 0.15) is 27.7 Å². The molecule has 0 saturated heterocycles. The van der Waals surface area contributed by atoms with Crippen molar-refractivity contribution in [3.63, 3.8) is 0 Å². The summed E-state index contributed by atoms with van der Waals surface area (Å²) in [4.78, 5) is 9.93. The Labute approximate surface area is 80.8 Å². The number of hydrogen-bond donors (Lipinski definition) is 0. The van der Waals surface area contributed by atoms with Gasteiger partial charge in [-0.15, -0.1) is 0 Å². The van der Waals surface area contributed by atoms with Gasteiger partial charge >= 0.3 is 0 Å². The summed E-state index contributed by atoms with van der Waals surface area (Å²) in [5.74, 6) is 0. The fourth-order valence-corrected chi connectivity index (χ4v) is 0.624. The lowest BCUT2D eigenvalue weighted by atomic mass is 9.87. The molecule has 0 spiro atoms. The van der Waals surface area contributed by atoms with Crippen LogP contribution in [-0.2, 0) is 4.79 Å². The lowest BCUT2D eigenvalue weighted by Crippen LogP contribution is -2.05.